The highest BCUT2D eigenvalue weighted by Crippen LogP contribution is 2.24. The van der Waals surface area contributed by atoms with Gasteiger partial charge in [0.25, 0.3) is 0 Å². The number of carbonyl (C=O) groups is 1. The highest BCUT2D eigenvalue weighted by atomic mass is 16.5. The van der Waals surface area contributed by atoms with Crippen molar-refractivity contribution in [2.45, 2.75) is 53.4 Å². The van der Waals surface area contributed by atoms with E-state index in [1.165, 1.54) is 17.7 Å². The third-order valence-electron chi connectivity index (χ3n) is 4.56. The maximum absolute atomic E-state index is 11.7. The summed E-state index contributed by atoms with van der Waals surface area (Å²) >= 11 is 0. The van der Waals surface area contributed by atoms with Crippen LogP contribution >= 0.6 is 0 Å². The minimum atomic E-state index is -0.474. The van der Waals surface area contributed by atoms with Gasteiger partial charge in [-0.3, -0.25) is 4.79 Å². The second-order valence-corrected chi connectivity index (χ2v) is 7.02. The van der Waals surface area contributed by atoms with Gasteiger partial charge in [0.2, 0.25) is 0 Å². The van der Waals surface area contributed by atoms with Gasteiger partial charge >= 0.3 is 5.97 Å². The summed E-state index contributed by atoms with van der Waals surface area (Å²) in [5.41, 5.74) is 0.822. The standard InChI is InChI=1S/C12H16O3.C10H14O/c1-4-12(2,3)11(14)15-10-7-5-9(13)6-8-10;1-3-8(2)9-4-6-10(11)7-5-9/h5-8,13H,4H2,1-3H3;4-8,11H,3H2,1-2H3. The lowest BCUT2D eigenvalue weighted by atomic mass is 9.91. The van der Waals surface area contributed by atoms with E-state index in [-0.39, 0.29) is 11.7 Å². The molecular weight excluding hydrogens is 328 g/mol. The molecule has 2 rings (SSSR count). The van der Waals surface area contributed by atoms with E-state index in [1.54, 1.807) is 24.3 Å². The smallest absolute Gasteiger partial charge is 0.316 e. The molecule has 1 unspecified atom stereocenters. The lowest BCUT2D eigenvalue weighted by Crippen LogP contribution is -2.28. The zero-order valence-corrected chi connectivity index (χ0v) is 16.3. The Bertz CT molecular complexity index is 672. The fourth-order valence-corrected chi connectivity index (χ4v) is 1.94. The van der Waals surface area contributed by atoms with E-state index >= 15 is 0 Å². The van der Waals surface area contributed by atoms with Crippen molar-refractivity contribution in [2.75, 3.05) is 0 Å². The molecule has 0 bridgehead atoms. The predicted molar refractivity (Wildman–Crippen MR) is 105 cm³/mol. The van der Waals surface area contributed by atoms with Gasteiger partial charge in [0.15, 0.2) is 0 Å². The first kappa shape index (κ1) is 21.6. The average molecular weight is 358 g/mol. The number of aromatic hydroxyl groups is 2. The van der Waals surface area contributed by atoms with Gasteiger partial charge in [-0.05, 0) is 74.6 Å². The van der Waals surface area contributed by atoms with Gasteiger partial charge in [0, 0.05) is 0 Å². The number of carbonyl (C=O) groups excluding carboxylic acids is 1. The highest BCUT2D eigenvalue weighted by molar-refractivity contribution is 5.78. The molecule has 0 aliphatic rings. The van der Waals surface area contributed by atoms with Crippen molar-refractivity contribution in [3.8, 4) is 17.2 Å². The largest absolute Gasteiger partial charge is 0.508 e. The van der Waals surface area contributed by atoms with Gasteiger partial charge in [-0.1, -0.05) is 32.9 Å². The fourth-order valence-electron chi connectivity index (χ4n) is 1.94. The maximum atomic E-state index is 11.7. The van der Waals surface area contributed by atoms with E-state index < -0.39 is 5.41 Å². The van der Waals surface area contributed by atoms with Gasteiger partial charge in [0.1, 0.15) is 17.2 Å². The Morgan fingerprint density at radius 2 is 1.42 bits per heavy atom. The number of rotatable bonds is 5. The number of phenols is 2. The monoisotopic (exact) mass is 358 g/mol. The molecule has 2 aromatic rings. The summed E-state index contributed by atoms with van der Waals surface area (Å²) in [6.45, 7) is 9.98. The third-order valence-corrected chi connectivity index (χ3v) is 4.56. The number of phenolic OH excluding ortho intramolecular Hbond substituents is 2. The molecule has 4 nitrogen and oxygen atoms in total. The minimum Gasteiger partial charge on any atom is -0.508 e. The second kappa shape index (κ2) is 9.85. The van der Waals surface area contributed by atoms with Crippen LogP contribution in [0.2, 0.25) is 0 Å². The Labute approximate surface area is 156 Å². The van der Waals surface area contributed by atoms with Crippen LogP contribution in [0.1, 0.15) is 58.9 Å². The van der Waals surface area contributed by atoms with Crippen molar-refractivity contribution in [1.29, 1.82) is 0 Å². The molecule has 2 N–H and O–H groups in total. The molecule has 0 spiro atoms. The van der Waals surface area contributed by atoms with Crippen LogP contribution in [0.3, 0.4) is 0 Å². The van der Waals surface area contributed by atoms with Crippen molar-refractivity contribution >= 4 is 5.97 Å². The topological polar surface area (TPSA) is 66.8 Å². The Kier molecular flexibility index (Phi) is 8.17. The van der Waals surface area contributed by atoms with Crippen LogP contribution in [0.4, 0.5) is 0 Å². The summed E-state index contributed by atoms with van der Waals surface area (Å²) in [5, 5.41) is 18.1. The molecule has 0 radical (unpaired) electrons. The Morgan fingerprint density at radius 1 is 0.962 bits per heavy atom. The molecule has 26 heavy (non-hydrogen) atoms. The van der Waals surface area contributed by atoms with Crippen molar-refractivity contribution in [1.82, 2.24) is 0 Å². The van der Waals surface area contributed by atoms with E-state index in [4.69, 9.17) is 14.9 Å². The van der Waals surface area contributed by atoms with Crippen LogP contribution in [-0.4, -0.2) is 16.2 Å². The fraction of sp³-hybridized carbons (Fsp3) is 0.409. The van der Waals surface area contributed by atoms with Gasteiger partial charge in [-0.2, -0.15) is 0 Å². The molecule has 1 atom stereocenters. The highest BCUT2D eigenvalue weighted by Gasteiger charge is 2.27. The van der Waals surface area contributed by atoms with Crippen molar-refractivity contribution < 1.29 is 19.7 Å². The van der Waals surface area contributed by atoms with E-state index in [0.717, 1.165) is 12.8 Å². The second-order valence-electron chi connectivity index (χ2n) is 7.02. The zero-order chi connectivity index (χ0) is 19.7. The lowest BCUT2D eigenvalue weighted by Gasteiger charge is -2.19. The van der Waals surface area contributed by atoms with Crippen LogP contribution in [0, 0.1) is 5.41 Å². The predicted octanol–water partition coefficient (Wildman–Crippen LogP) is 5.64. The molecular formula is C22H30O4. The SMILES string of the molecule is CCC(C)(C)C(=O)Oc1ccc(O)cc1.CCC(C)c1ccc(O)cc1. The molecule has 0 saturated carbocycles. The van der Waals surface area contributed by atoms with Crippen molar-refractivity contribution in [2.24, 2.45) is 5.41 Å². The molecule has 0 aromatic heterocycles. The number of ether oxygens (including phenoxy) is 1. The number of hydrogen-bond acceptors (Lipinski definition) is 4. The molecule has 142 valence electrons. The van der Waals surface area contributed by atoms with Crippen LogP contribution in [0.15, 0.2) is 48.5 Å². The third kappa shape index (κ3) is 6.79. The van der Waals surface area contributed by atoms with Gasteiger partial charge in [-0.25, -0.2) is 0 Å². The van der Waals surface area contributed by atoms with Crippen LogP contribution in [0.5, 0.6) is 17.2 Å². The maximum Gasteiger partial charge on any atom is 0.316 e. The summed E-state index contributed by atoms with van der Waals surface area (Å²) in [6.07, 6.45) is 1.87. The summed E-state index contributed by atoms with van der Waals surface area (Å²) in [4.78, 5) is 11.7. The molecule has 0 amide bonds. The van der Waals surface area contributed by atoms with Crippen molar-refractivity contribution in [3.63, 3.8) is 0 Å². The molecule has 0 heterocycles. The van der Waals surface area contributed by atoms with Crippen LogP contribution < -0.4 is 4.74 Å². The van der Waals surface area contributed by atoms with Gasteiger partial charge in [0.05, 0.1) is 5.41 Å². The Hall–Kier alpha value is -2.49. The Balaban J connectivity index is 0.000000273. The van der Waals surface area contributed by atoms with Crippen LogP contribution in [-0.2, 0) is 4.79 Å². The first-order valence-corrected chi connectivity index (χ1v) is 8.99. The summed E-state index contributed by atoms with van der Waals surface area (Å²) in [7, 11) is 0. The molecule has 0 saturated heterocycles. The number of esters is 1. The average Bonchev–Trinajstić information content (AvgIpc) is 2.64. The quantitative estimate of drug-likeness (QED) is 0.536. The molecule has 4 heteroatoms. The van der Waals surface area contributed by atoms with E-state index in [0.29, 0.717) is 17.4 Å². The first-order valence-electron chi connectivity index (χ1n) is 8.99. The zero-order valence-electron chi connectivity index (χ0n) is 16.3. The van der Waals surface area contributed by atoms with Crippen LogP contribution in [0.25, 0.3) is 0 Å². The molecule has 0 fully saturated rings. The number of hydrogen-bond donors (Lipinski definition) is 2. The summed E-state index contributed by atoms with van der Waals surface area (Å²) in [5.74, 6) is 1.30. The summed E-state index contributed by atoms with van der Waals surface area (Å²) in [6, 6.07) is 13.5. The Morgan fingerprint density at radius 3 is 1.85 bits per heavy atom. The molecule has 0 aliphatic carbocycles. The number of benzene rings is 2. The normalized spacial score (nSPS) is 11.9. The summed E-state index contributed by atoms with van der Waals surface area (Å²) < 4.78 is 5.18. The minimum absolute atomic E-state index is 0.157. The van der Waals surface area contributed by atoms with Gasteiger partial charge in [-0.15, -0.1) is 0 Å². The van der Waals surface area contributed by atoms with Gasteiger partial charge < -0.3 is 14.9 Å². The lowest BCUT2D eigenvalue weighted by molar-refractivity contribution is -0.144. The van der Waals surface area contributed by atoms with E-state index in [1.807, 2.05) is 32.9 Å². The van der Waals surface area contributed by atoms with Crippen molar-refractivity contribution in [3.05, 3.63) is 54.1 Å². The molecule has 2 aromatic carbocycles. The first-order chi connectivity index (χ1) is 12.2. The molecule has 0 aliphatic heterocycles. The van der Waals surface area contributed by atoms with E-state index in [2.05, 4.69) is 13.8 Å². The van der Waals surface area contributed by atoms with E-state index in [9.17, 15) is 4.79 Å².